The molecule has 0 N–H and O–H groups in total. The van der Waals surface area contributed by atoms with E-state index in [1.54, 1.807) is 38.5 Å². The van der Waals surface area contributed by atoms with E-state index in [4.69, 9.17) is 23.4 Å². The fourth-order valence-electron chi connectivity index (χ4n) is 7.74. The van der Waals surface area contributed by atoms with Crippen LogP contribution in [0, 0.1) is 0 Å². The lowest BCUT2D eigenvalue weighted by Gasteiger charge is -2.43. The molecule has 9 heteroatoms. The van der Waals surface area contributed by atoms with Crippen LogP contribution < -0.4 is 15.1 Å². The monoisotopic (exact) mass is 784 g/mol. The summed E-state index contributed by atoms with van der Waals surface area (Å²) in [5, 5.41) is 2.47. The van der Waals surface area contributed by atoms with Gasteiger partial charge < -0.3 is 23.4 Å². The molecule has 296 valence electrons. The molecule has 57 heavy (non-hydrogen) atoms. The molecule has 8 nitrogen and oxygen atoms in total. The van der Waals surface area contributed by atoms with Gasteiger partial charge in [-0.2, -0.15) is 0 Å². The topological polar surface area (TPSA) is 97.4 Å². The summed E-state index contributed by atoms with van der Waals surface area (Å²) in [6.45, 7) is 7.99. The highest BCUT2D eigenvalue weighted by Crippen LogP contribution is 2.37. The summed E-state index contributed by atoms with van der Waals surface area (Å²) < 4.78 is 30.5. The van der Waals surface area contributed by atoms with Crippen molar-refractivity contribution in [2.45, 2.75) is 63.7 Å². The Morgan fingerprint density at radius 3 is 1.74 bits per heavy atom. The maximum absolute atomic E-state index is 13.0. The number of ether oxygens (including phenoxy) is 4. The summed E-state index contributed by atoms with van der Waals surface area (Å²) in [6.07, 6.45) is 3.48. The highest BCUT2D eigenvalue weighted by atomic mass is 28.4. The standard InChI is InChI=1S/C48H52O8Si/c1-47(2,3)57(38-17-8-6-9-18-38,39-19-10-7-11-20-39)56-32-15-14-29-48(52-4,53-5)34-35-23-26-37(27-24-35)54-30-16-31-55-46(51)36-25-28-42-43(33-36)45(50)41-22-13-12-21-40(41)44(42)49/h6-13,17-28,33H,14-16,29-32,34H2,1-5H3. The fraction of sp³-hybridized carbons (Fsp3) is 0.312. The van der Waals surface area contributed by atoms with Crippen LogP contribution in [0.25, 0.3) is 0 Å². The van der Waals surface area contributed by atoms with E-state index in [9.17, 15) is 14.4 Å². The maximum Gasteiger partial charge on any atom is 0.338 e. The van der Waals surface area contributed by atoms with Crippen molar-refractivity contribution in [1.29, 1.82) is 0 Å². The Labute approximate surface area is 337 Å². The van der Waals surface area contributed by atoms with Crippen LogP contribution in [0.1, 0.15) is 94.2 Å². The quantitative estimate of drug-likeness (QED) is 0.0372. The number of ketones is 2. The van der Waals surface area contributed by atoms with Gasteiger partial charge in [0.25, 0.3) is 8.32 Å². The predicted octanol–water partition coefficient (Wildman–Crippen LogP) is 8.37. The zero-order valence-electron chi connectivity index (χ0n) is 33.5. The molecule has 0 fully saturated rings. The Morgan fingerprint density at radius 2 is 1.16 bits per heavy atom. The van der Waals surface area contributed by atoms with Gasteiger partial charge in [-0.3, -0.25) is 9.59 Å². The molecule has 0 atom stereocenters. The maximum atomic E-state index is 13.0. The van der Waals surface area contributed by atoms with Crippen molar-refractivity contribution in [3.05, 3.63) is 161 Å². The Hall–Kier alpha value is -5.19. The van der Waals surface area contributed by atoms with Gasteiger partial charge >= 0.3 is 5.97 Å². The number of carbonyl (C=O) groups excluding carboxylic acids is 3. The Morgan fingerprint density at radius 1 is 0.596 bits per heavy atom. The van der Waals surface area contributed by atoms with E-state index in [0.29, 0.717) is 49.4 Å². The van der Waals surface area contributed by atoms with Crippen LogP contribution in [-0.4, -0.2) is 65.7 Å². The third-order valence-electron chi connectivity index (χ3n) is 10.8. The highest BCUT2D eigenvalue weighted by molar-refractivity contribution is 6.99. The van der Waals surface area contributed by atoms with Crippen molar-refractivity contribution in [3.63, 3.8) is 0 Å². The number of hydrogen-bond acceptors (Lipinski definition) is 8. The number of esters is 1. The summed E-state index contributed by atoms with van der Waals surface area (Å²) in [7, 11) is 0.789. The van der Waals surface area contributed by atoms with E-state index >= 15 is 0 Å². The third kappa shape index (κ3) is 9.18. The van der Waals surface area contributed by atoms with Crippen molar-refractivity contribution < 1.29 is 37.8 Å². The molecule has 5 aromatic carbocycles. The SMILES string of the molecule is COC(CCCCO[Si](c1ccccc1)(c1ccccc1)C(C)(C)C)(Cc1ccc(OCCCOC(=O)c2ccc3c(c2)C(=O)c2ccccc2C3=O)cc1)OC. The van der Waals surface area contributed by atoms with E-state index in [1.165, 1.54) is 28.6 Å². The summed E-state index contributed by atoms with van der Waals surface area (Å²) in [5.74, 6) is -1.16. The zero-order chi connectivity index (χ0) is 40.5. The van der Waals surface area contributed by atoms with Crippen LogP contribution in [-0.2, 0) is 25.1 Å². The first-order valence-electron chi connectivity index (χ1n) is 19.6. The van der Waals surface area contributed by atoms with Gasteiger partial charge in [-0.25, -0.2) is 4.79 Å². The number of rotatable bonds is 18. The number of benzene rings is 5. The van der Waals surface area contributed by atoms with Gasteiger partial charge in [0.1, 0.15) is 5.75 Å². The summed E-state index contributed by atoms with van der Waals surface area (Å²) in [6, 6.07) is 40.4. The minimum atomic E-state index is -2.60. The molecule has 1 aliphatic carbocycles. The van der Waals surface area contributed by atoms with Crippen molar-refractivity contribution in [1.82, 2.24) is 0 Å². The van der Waals surface area contributed by atoms with Gasteiger partial charge in [-0.15, -0.1) is 0 Å². The molecule has 0 aliphatic heterocycles. The second-order valence-electron chi connectivity index (χ2n) is 15.4. The molecular weight excluding hydrogens is 733 g/mol. The van der Waals surface area contributed by atoms with Gasteiger partial charge in [0.05, 0.1) is 18.8 Å². The van der Waals surface area contributed by atoms with Crippen molar-refractivity contribution in [3.8, 4) is 5.75 Å². The summed E-state index contributed by atoms with van der Waals surface area (Å²) in [4.78, 5) is 38.7. The largest absolute Gasteiger partial charge is 0.493 e. The molecule has 0 unspecified atom stereocenters. The van der Waals surface area contributed by atoms with Crippen LogP contribution in [0.4, 0.5) is 0 Å². The minimum absolute atomic E-state index is 0.0772. The first-order valence-corrected chi connectivity index (χ1v) is 21.5. The third-order valence-corrected chi connectivity index (χ3v) is 15.8. The smallest absolute Gasteiger partial charge is 0.338 e. The van der Waals surface area contributed by atoms with Gasteiger partial charge in [0.2, 0.25) is 0 Å². The molecule has 1 aliphatic rings. The van der Waals surface area contributed by atoms with Crippen LogP contribution in [0.3, 0.4) is 0 Å². The summed E-state index contributed by atoms with van der Waals surface area (Å²) >= 11 is 0. The van der Waals surface area contributed by atoms with Crippen molar-refractivity contribution >= 4 is 36.2 Å². The average Bonchev–Trinajstić information content (AvgIpc) is 3.24. The lowest BCUT2D eigenvalue weighted by Crippen LogP contribution is -2.66. The molecule has 0 aromatic heterocycles. The second kappa shape index (κ2) is 18.4. The van der Waals surface area contributed by atoms with Crippen LogP contribution >= 0.6 is 0 Å². The van der Waals surface area contributed by atoms with Crippen molar-refractivity contribution in [2.75, 3.05) is 34.0 Å². The summed E-state index contributed by atoms with van der Waals surface area (Å²) in [5.41, 5.74) is 2.49. The Balaban J connectivity index is 0.964. The first kappa shape index (κ1) is 41.4. The molecular formula is C48H52O8Si. The number of hydrogen-bond donors (Lipinski definition) is 0. The molecule has 0 amide bonds. The molecule has 6 rings (SSSR count). The highest BCUT2D eigenvalue weighted by Gasteiger charge is 2.50. The van der Waals surface area contributed by atoms with Crippen LogP contribution in [0.5, 0.6) is 5.75 Å². The Bertz CT molecular complexity index is 2100. The molecule has 0 radical (unpaired) electrons. The molecule has 0 saturated carbocycles. The van der Waals surface area contributed by atoms with Gasteiger partial charge in [-0.05, 0) is 64.1 Å². The first-order chi connectivity index (χ1) is 27.5. The van der Waals surface area contributed by atoms with Crippen LogP contribution in [0.15, 0.2) is 127 Å². The lowest BCUT2D eigenvalue weighted by atomic mass is 9.83. The van der Waals surface area contributed by atoms with Gasteiger partial charge in [0, 0.05) is 62.3 Å². The number of carbonyl (C=O) groups is 3. The van der Waals surface area contributed by atoms with E-state index in [2.05, 4.69) is 81.4 Å². The molecule has 5 aromatic rings. The van der Waals surface area contributed by atoms with E-state index in [0.717, 1.165) is 18.4 Å². The molecule has 0 saturated heterocycles. The molecule has 0 bridgehead atoms. The average molecular weight is 785 g/mol. The normalized spacial score (nSPS) is 12.9. The fourth-order valence-corrected chi connectivity index (χ4v) is 12.3. The molecule has 0 spiro atoms. The number of unbranched alkanes of at least 4 members (excludes halogenated alkanes) is 1. The van der Waals surface area contributed by atoms with Crippen molar-refractivity contribution in [2.24, 2.45) is 0 Å². The van der Waals surface area contributed by atoms with E-state index in [-0.39, 0.29) is 39.9 Å². The predicted molar refractivity (Wildman–Crippen MR) is 224 cm³/mol. The minimum Gasteiger partial charge on any atom is -0.493 e. The lowest BCUT2D eigenvalue weighted by molar-refractivity contribution is -0.210. The zero-order valence-corrected chi connectivity index (χ0v) is 34.5. The Kier molecular flexibility index (Phi) is 13.4. The van der Waals surface area contributed by atoms with E-state index < -0.39 is 20.1 Å². The van der Waals surface area contributed by atoms with Gasteiger partial charge in [0.15, 0.2) is 17.4 Å². The van der Waals surface area contributed by atoms with Crippen LogP contribution in [0.2, 0.25) is 5.04 Å². The number of methoxy groups -OCH3 is 2. The van der Waals surface area contributed by atoms with E-state index in [1.807, 2.05) is 24.3 Å². The number of fused-ring (bicyclic) bond motifs is 2. The van der Waals surface area contributed by atoms with Gasteiger partial charge in [-0.1, -0.05) is 118 Å². The molecule has 0 heterocycles. The second-order valence-corrected chi connectivity index (χ2v) is 19.7.